The van der Waals surface area contributed by atoms with Gasteiger partial charge in [-0.25, -0.2) is 0 Å². The molecule has 0 spiro atoms. The van der Waals surface area contributed by atoms with Gasteiger partial charge in [0.15, 0.2) is 0 Å². The molecule has 1 saturated carbocycles. The molecule has 2 aliphatic rings. The van der Waals surface area contributed by atoms with Gasteiger partial charge in [-0.1, -0.05) is 24.6 Å². The molecule has 1 fully saturated rings. The number of fused-ring (bicyclic) bond motifs is 3. The second-order valence-electron chi connectivity index (χ2n) is 6.36. The lowest BCUT2D eigenvalue weighted by atomic mass is 9.91. The minimum absolute atomic E-state index is 0.144. The zero-order valence-electron chi connectivity index (χ0n) is 12.7. The van der Waals surface area contributed by atoms with Crippen molar-refractivity contribution in [2.45, 2.75) is 44.4 Å². The van der Waals surface area contributed by atoms with Crippen molar-refractivity contribution in [3.05, 3.63) is 30.0 Å². The van der Waals surface area contributed by atoms with Crippen molar-refractivity contribution < 1.29 is 4.74 Å². The first-order chi connectivity index (χ1) is 10.3. The molecule has 2 aromatic rings. The van der Waals surface area contributed by atoms with Gasteiger partial charge in [0.2, 0.25) is 0 Å². The largest absolute Gasteiger partial charge is 0.370 e. The number of likely N-dealkylation sites (N-methyl/N-ethyl adjacent to an activating group) is 1. The van der Waals surface area contributed by atoms with Crippen LogP contribution in [-0.2, 0) is 11.3 Å². The SMILES string of the molecule is CN(CC1OCCCn2nc3ccccc3c21)C1CCC1. The molecule has 2 heterocycles. The fraction of sp³-hybridized carbons (Fsp3) is 0.588. The average Bonchev–Trinajstić information content (AvgIpc) is 2.67. The summed E-state index contributed by atoms with van der Waals surface area (Å²) in [5, 5.41) is 6.02. The molecule has 0 N–H and O–H groups in total. The number of aryl methyl sites for hydroxylation is 1. The van der Waals surface area contributed by atoms with E-state index in [0.29, 0.717) is 0 Å². The average molecular weight is 285 g/mol. The molecule has 1 aromatic carbocycles. The van der Waals surface area contributed by atoms with Crippen molar-refractivity contribution in [1.82, 2.24) is 14.7 Å². The maximum absolute atomic E-state index is 6.18. The summed E-state index contributed by atoms with van der Waals surface area (Å²) in [5.74, 6) is 0. The number of aromatic nitrogens is 2. The monoisotopic (exact) mass is 285 g/mol. The van der Waals surface area contributed by atoms with Gasteiger partial charge < -0.3 is 9.64 Å². The number of ether oxygens (including phenoxy) is 1. The van der Waals surface area contributed by atoms with E-state index in [1.54, 1.807) is 0 Å². The van der Waals surface area contributed by atoms with Crippen LogP contribution in [-0.4, -0.2) is 40.9 Å². The van der Waals surface area contributed by atoms with Crippen molar-refractivity contribution in [3.63, 3.8) is 0 Å². The molecule has 0 radical (unpaired) electrons. The number of benzene rings is 1. The second-order valence-corrected chi connectivity index (χ2v) is 6.36. The maximum atomic E-state index is 6.18. The molecular formula is C17H23N3O. The topological polar surface area (TPSA) is 30.3 Å². The molecule has 21 heavy (non-hydrogen) atoms. The Morgan fingerprint density at radius 3 is 2.95 bits per heavy atom. The van der Waals surface area contributed by atoms with E-state index in [1.165, 1.54) is 30.3 Å². The van der Waals surface area contributed by atoms with Gasteiger partial charge in [-0.3, -0.25) is 4.68 Å². The van der Waals surface area contributed by atoms with E-state index in [9.17, 15) is 0 Å². The zero-order valence-corrected chi connectivity index (χ0v) is 12.7. The highest BCUT2D eigenvalue weighted by Gasteiger charge is 2.29. The van der Waals surface area contributed by atoms with E-state index >= 15 is 0 Å². The lowest BCUT2D eigenvalue weighted by Crippen LogP contribution is -2.40. The van der Waals surface area contributed by atoms with Crippen molar-refractivity contribution in [2.75, 3.05) is 20.2 Å². The van der Waals surface area contributed by atoms with Gasteiger partial charge in [-0.05, 0) is 32.4 Å². The van der Waals surface area contributed by atoms with Gasteiger partial charge in [-0.15, -0.1) is 0 Å². The smallest absolute Gasteiger partial charge is 0.112 e. The molecule has 112 valence electrons. The Balaban J connectivity index is 1.68. The molecule has 0 bridgehead atoms. The summed E-state index contributed by atoms with van der Waals surface area (Å²) in [4.78, 5) is 2.48. The van der Waals surface area contributed by atoms with Crippen LogP contribution in [0.15, 0.2) is 24.3 Å². The molecular weight excluding hydrogens is 262 g/mol. The summed E-state index contributed by atoms with van der Waals surface area (Å²) >= 11 is 0. The highest BCUT2D eigenvalue weighted by molar-refractivity contribution is 5.81. The Labute approximate surface area is 125 Å². The van der Waals surface area contributed by atoms with Crippen LogP contribution < -0.4 is 0 Å². The first-order valence-electron chi connectivity index (χ1n) is 8.10. The zero-order chi connectivity index (χ0) is 14.2. The minimum Gasteiger partial charge on any atom is -0.370 e. The summed E-state index contributed by atoms with van der Waals surface area (Å²) in [7, 11) is 2.24. The number of hydrogen-bond acceptors (Lipinski definition) is 3. The molecule has 0 amide bonds. The Hall–Kier alpha value is -1.39. The van der Waals surface area contributed by atoms with Crippen molar-refractivity contribution >= 4 is 10.9 Å². The lowest BCUT2D eigenvalue weighted by Gasteiger charge is -2.36. The van der Waals surface area contributed by atoms with E-state index in [-0.39, 0.29) is 6.10 Å². The van der Waals surface area contributed by atoms with E-state index in [0.717, 1.165) is 37.7 Å². The van der Waals surface area contributed by atoms with Crippen LogP contribution in [0.5, 0.6) is 0 Å². The number of nitrogens with zero attached hydrogens (tertiary/aromatic N) is 3. The molecule has 1 aromatic heterocycles. The van der Waals surface area contributed by atoms with Crippen LogP contribution in [0.2, 0.25) is 0 Å². The first-order valence-corrected chi connectivity index (χ1v) is 8.10. The molecule has 4 nitrogen and oxygen atoms in total. The third kappa shape index (κ3) is 2.36. The standard InChI is InChI=1S/C17H23N3O/c1-19(13-6-4-7-13)12-16-17-14-8-2-3-9-15(14)18-20(17)10-5-11-21-16/h2-3,8-9,13,16H,4-7,10-12H2,1H3. The van der Waals surface area contributed by atoms with E-state index < -0.39 is 0 Å². The normalized spacial score (nSPS) is 23.0. The van der Waals surface area contributed by atoms with Gasteiger partial charge in [0.05, 0.1) is 11.2 Å². The van der Waals surface area contributed by atoms with Crippen LogP contribution >= 0.6 is 0 Å². The number of rotatable bonds is 3. The molecule has 1 aliphatic heterocycles. The minimum atomic E-state index is 0.144. The molecule has 1 atom stereocenters. The van der Waals surface area contributed by atoms with Crippen molar-refractivity contribution in [1.29, 1.82) is 0 Å². The Morgan fingerprint density at radius 2 is 2.14 bits per heavy atom. The fourth-order valence-electron chi connectivity index (χ4n) is 3.51. The summed E-state index contributed by atoms with van der Waals surface area (Å²) in [6.07, 6.45) is 5.24. The summed E-state index contributed by atoms with van der Waals surface area (Å²) in [6, 6.07) is 9.19. The third-order valence-corrected chi connectivity index (χ3v) is 4.98. The van der Waals surface area contributed by atoms with Crippen molar-refractivity contribution in [3.8, 4) is 0 Å². The van der Waals surface area contributed by atoms with E-state index in [4.69, 9.17) is 9.84 Å². The predicted octanol–water partition coefficient (Wildman–Crippen LogP) is 2.98. The van der Waals surface area contributed by atoms with E-state index in [1.807, 2.05) is 0 Å². The van der Waals surface area contributed by atoms with Crippen molar-refractivity contribution in [2.24, 2.45) is 0 Å². The third-order valence-electron chi connectivity index (χ3n) is 4.98. The van der Waals surface area contributed by atoms with E-state index in [2.05, 4.69) is 40.9 Å². The summed E-state index contributed by atoms with van der Waals surface area (Å²) in [6.45, 7) is 2.77. The molecule has 4 rings (SSSR count). The Kier molecular flexibility index (Phi) is 3.43. The van der Waals surface area contributed by atoms with Gasteiger partial charge >= 0.3 is 0 Å². The highest BCUT2D eigenvalue weighted by Crippen LogP contribution is 2.32. The first kappa shape index (κ1) is 13.3. The Morgan fingerprint density at radius 1 is 1.29 bits per heavy atom. The molecule has 1 aliphatic carbocycles. The van der Waals surface area contributed by atoms with Gasteiger partial charge in [-0.2, -0.15) is 5.10 Å². The maximum Gasteiger partial charge on any atom is 0.112 e. The quantitative estimate of drug-likeness (QED) is 0.868. The summed E-state index contributed by atoms with van der Waals surface area (Å²) in [5.41, 5.74) is 2.36. The van der Waals surface area contributed by atoms with Gasteiger partial charge in [0.1, 0.15) is 6.10 Å². The summed E-state index contributed by atoms with van der Waals surface area (Å²) < 4.78 is 8.36. The van der Waals surface area contributed by atoms with Gasteiger partial charge in [0.25, 0.3) is 0 Å². The van der Waals surface area contributed by atoms with Crippen LogP contribution in [0.25, 0.3) is 10.9 Å². The molecule has 1 unspecified atom stereocenters. The second kappa shape index (κ2) is 5.43. The lowest BCUT2D eigenvalue weighted by molar-refractivity contribution is 0.0149. The van der Waals surface area contributed by atoms with Crippen LogP contribution in [0, 0.1) is 0 Å². The molecule has 4 heteroatoms. The molecule has 0 saturated heterocycles. The highest BCUT2D eigenvalue weighted by atomic mass is 16.5. The Bertz CT molecular complexity index is 632. The van der Waals surface area contributed by atoms with Crippen LogP contribution in [0.1, 0.15) is 37.5 Å². The van der Waals surface area contributed by atoms with Gasteiger partial charge in [0, 0.05) is 31.1 Å². The number of hydrogen-bond donors (Lipinski definition) is 0. The van der Waals surface area contributed by atoms with Crippen LogP contribution in [0.4, 0.5) is 0 Å². The van der Waals surface area contributed by atoms with Crippen LogP contribution in [0.3, 0.4) is 0 Å². The fourth-order valence-corrected chi connectivity index (χ4v) is 3.51. The predicted molar refractivity (Wildman–Crippen MR) is 83.3 cm³/mol.